The quantitative estimate of drug-likeness (QED) is 0.352. The second-order valence-electron chi connectivity index (χ2n) is 1.81. The van der Waals surface area contributed by atoms with Gasteiger partial charge in [-0.1, -0.05) is 0 Å². The molecule has 0 saturated heterocycles. The largest absolute Gasteiger partial charge is 0.480 e. The Morgan fingerprint density at radius 2 is 1.58 bits per heavy atom. The molecule has 0 saturated carbocycles. The van der Waals surface area contributed by atoms with Crippen LogP contribution in [0.15, 0.2) is 4.99 Å². The molecule has 0 radical (unpaired) electrons. The molecule has 0 aromatic heterocycles. The van der Waals surface area contributed by atoms with E-state index in [1.54, 1.807) is 0 Å². The predicted molar refractivity (Wildman–Crippen MR) is 31.4 cm³/mol. The lowest BCUT2D eigenvalue weighted by molar-refractivity contribution is -0.254. The van der Waals surface area contributed by atoms with E-state index in [0.717, 1.165) is 7.05 Å². The minimum atomic E-state index is -5.67. The molecule has 72 valence electrons. The summed E-state index contributed by atoms with van der Waals surface area (Å²) in [6.45, 7) is 0. The van der Waals surface area contributed by atoms with E-state index in [9.17, 15) is 22.0 Å². The van der Waals surface area contributed by atoms with Gasteiger partial charge < -0.3 is 4.74 Å². The van der Waals surface area contributed by atoms with Crippen LogP contribution in [0.1, 0.15) is 0 Å². The monoisotopic (exact) mass is 191 g/mol. The molecule has 0 spiro atoms. The zero-order chi connectivity index (χ0) is 9.99. The molecule has 12 heavy (non-hydrogen) atoms. The van der Waals surface area contributed by atoms with E-state index in [0.29, 0.717) is 7.11 Å². The highest BCUT2D eigenvalue weighted by Gasteiger charge is 2.62. The Balaban J connectivity index is 4.84. The summed E-state index contributed by atoms with van der Waals surface area (Å²) in [6, 6.07) is 0. The molecule has 0 heterocycles. The zero-order valence-corrected chi connectivity index (χ0v) is 6.25. The smallest absolute Gasteiger partial charge is 0.463 e. The average molecular weight is 191 g/mol. The normalized spacial score (nSPS) is 14.8. The van der Waals surface area contributed by atoms with Crippen molar-refractivity contribution in [3.05, 3.63) is 0 Å². The first kappa shape index (κ1) is 11.1. The number of hydrogen-bond acceptors (Lipinski definition) is 2. The molecule has 0 fully saturated rings. The van der Waals surface area contributed by atoms with Gasteiger partial charge in [0, 0.05) is 7.05 Å². The van der Waals surface area contributed by atoms with E-state index in [-0.39, 0.29) is 0 Å². The van der Waals surface area contributed by atoms with Gasteiger partial charge in [0.15, 0.2) is 0 Å². The van der Waals surface area contributed by atoms with Crippen LogP contribution in [0.3, 0.4) is 0 Å². The summed E-state index contributed by atoms with van der Waals surface area (Å²) in [7, 11) is 1.49. The third-order valence-corrected chi connectivity index (χ3v) is 1.02. The Morgan fingerprint density at radius 3 is 1.67 bits per heavy atom. The molecule has 0 aromatic carbocycles. The minimum absolute atomic E-state index is 0.696. The van der Waals surface area contributed by atoms with E-state index in [4.69, 9.17) is 0 Å². The summed E-state index contributed by atoms with van der Waals surface area (Å²) in [5, 5.41) is 0. The summed E-state index contributed by atoms with van der Waals surface area (Å²) in [5.74, 6) is -6.66. The first-order chi connectivity index (χ1) is 5.27. The van der Waals surface area contributed by atoms with Crippen molar-refractivity contribution in [1.29, 1.82) is 0 Å². The topological polar surface area (TPSA) is 21.6 Å². The van der Waals surface area contributed by atoms with Crippen molar-refractivity contribution in [1.82, 2.24) is 0 Å². The van der Waals surface area contributed by atoms with Crippen LogP contribution >= 0.6 is 0 Å². The molecule has 0 atom stereocenters. The summed E-state index contributed by atoms with van der Waals surface area (Å²) < 4.78 is 62.8. The maximum Gasteiger partial charge on any atom is 0.463 e. The molecule has 0 aromatic rings. The highest BCUT2D eigenvalue weighted by atomic mass is 19.4. The molecule has 0 unspecified atom stereocenters. The highest BCUT2D eigenvalue weighted by molar-refractivity contribution is 5.84. The van der Waals surface area contributed by atoms with Crippen molar-refractivity contribution in [2.24, 2.45) is 4.99 Å². The van der Waals surface area contributed by atoms with Crippen LogP contribution in [0.25, 0.3) is 0 Å². The Morgan fingerprint density at radius 1 is 1.17 bits per heavy atom. The summed E-state index contributed by atoms with van der Waals surface area (Å²) in [5.41, 5.74) is 0. The first-order valence-corrected chi connectivity index (χ1v) is 2.73. The Labute approximate surface area is 65.0 Å². The van der Waals surface area contributed by atoms with E-state index in [1.165, 1.54) is 0 Å². The number of hydrogen-bond donors (Lipinski definition) is 0. The lowest BCUT2D eigenvalue weighted by Crippen LogP contribution is -2.44. The van der Waals surface area contributed by atoms with Crippen molar-refractivity contribution >= 4 is 5.90 Å². The van der Waals surface area contributed by atoms with Crippen molar-refractivity contribution < 1.29 is 26.7 Å². The number of methoxy groups -OCH3 is 1. The van der Waals surface area contributed by atoms with E-state index < -0.39 is 18.0 Å². The fourth-order valence-corrected chi connectivity index (χ4v) is 0.481. The summed E-state index contributed by atoms with van der Waals surface area (Å²) in [6.07, 6.45) is -5.67. The second kappa shape index (κ2) is 3.24. The molecule has 0 aliphatic heterocycles. The van der Waals surface area contributed by atoms with Crippen LogP contribution in [0.4, 0.5) is 22.0 Å². The van der Waals surface area contributed by atoms with Crippen molar-refractivity contribution in [2.45, 2.75) is 12.1 Å². The zero-order valence-electron chi connectivity index (χ0n) is 6.25. The number of ether oxygens (including phenoxy) is 1. The third-order valence-electron chi connectivity index (χ3n) is 1.02. The van der Waals surface area contributed by atoms with Crippen LogP contribution < -0.4 is 0 Å². The van der Waals surface area contributed by atoms with Crippen molar-refractivity contribution in [3.8, 4) is 0 Å². The van der Waals surface area contributed by atoms with Crippen LogP contribution in [-0.2, 0) is 4.74 Å². The minimum Gasteiger partial charge on any atom is -0.480 e. The standard InChI is InChI=1S/C5H6F5NO/c1-11-3(12-2)4(6,7)5(8,9)10/h1-2H3. The lowest BCUT2D eigenvalue weighted by Gasteiger charge is -2.19. The van der Waals surface area contributed by atoms with Crippen molar-refractivity contribution in [3.63, 3.8) is 0 Å². The highest BCUT2D eigenvalue weighted by Crippen LogP contribution is 2.36. The Hall–Kier alpha value is -0.880. The van der Waals surface area contributed by atoms with Gasteiger partial charge >= 0.3 is 12.1 Å². The van der Waals surface area contributed by atoms with E-state index in [2.05, 4.69) is 9.73 Å². The fraction of sp³-hybridized carbons (Fsp3) is 0.800. The first-order valence-electron chi connectivity index (χ1n) is 2.73. The van der Waals surface area contributed by atoms with Gasteiger partial charge in [0.25, 0.3) is 5.90 Å². The van der Waals surface area contributed by atoms with Gasteiger partial charge in [0.05, 0.1) is 7.11 Å². The van der Waals surface area contributed by atoms with Gasteiger partial charge in [-0.3, -0.25) is 4.99 Å². The van der Waals surface area contributed by atoms with Gasteiger partial charge in [0.2, 0.25) is 0 Å². The lowest BCUT2D eigenvalue weighted by atomic mass is 10.3. The van der Waals surface area contributed by atoms with Crippen LogP contribution in [0.5, 0.6) is 0 Å². The number of rotatable bonds is 1. The Bertz CT molecular complexity index is 185. The molecule has 0 bridgehead atoms. The maximum atomic E-state index is 12.2. The second-order valence-corrected chi connectivity index (χ2v) is 1.81. The van der Waals surface area contributed by atoms with Crippen LogP contribution in [-0.4, -0.2) is 32.2 Å². The van der Waals surface area contributed by atoms with Gasteiger partial charge in [-0.05, 0) is 0 Å². The maximum absolute atomic E-state index is 12.2. The fourth-order valence-electron chi connectivity index (χ4n) is 0.481. The Kier molecular flexibility index (Phi) is 3.00. The SMILES string of the molecule is CN=C(OC)C(F)(F)C(F)(F)F. The number of aliphatic imine (C=N–C) groups is 1. The predicted octanol–water partition coefficient (Wildman–Crippen LogP) is 1.86. The van der Waals surface area contributed by atoms with Gasteiger partial charge in [0.1, 0.15) is 0 Å². The summed E-state index contributed by atoms with van der Waals surface area (Å²) >= 11 is 0. The summed E-state index contributed by atoms with van der Waals surface area (Å²) in [4.78, 5) is 2.67. The number of nitrogens with zero attached hydrogens (tertiary/aromatic N) is 1. The molecule has 2 nitrogen and oxygen atoms in total. The van der Waals surface area contributed by atoms with Gasteiger partial charge in [-0.15, -0.1) is 0 Å². The van der Waals surface area contributed by atoms with E-state index >= 15 is 0 Å². The third kappa shape index (κ3) is 1.83. The molecule has 0 amide bonds. The van der Waals surface area contributed by atoms with Gasteiger partial charge in [-0.2, -0.15) is 22.0 Å². The molecular weight excluding hydrogens is 185 g/mol. The van der Waals surface area contributed by atoms with E-state index in [1.807, 2.05) is 0 Å². The molecule has 0 aliphatic rings. The molecule has 0 aliphatic carbocycles. The molecule has 0 N–H and O–H groups in total. The van der Waals surface area contributed by atoms with Crippen LogP contribution in [0, 0.1) is 0 Å². The van der Waals surface area contributed by atoms with Crippen LogP contribution in [0.2, 0.25) is 0 Å². The number of halogens is 5. The number of alkyl halides is 5. The average Bonchev–Trinajstić information content (AvgIpc) is 1.87. The molecule has 7 heteroatoms. The molecular formula is C5H6F5NO. The van der Waals surface area contributed by atoms with Gasteiger partial charge in [-0.25, -0.2) is 0 Å². The molecule has 0 rings (SSSR count). The van der Waals surface area contributed by atoms with Crippen molar-refractivity contribution in [2.75, 3.05) is 14.2 Å².